The predicted octanol–water partition coefficient (Wildman–Crippen LogP) is 2.20. The van der Waals surface area contributed by atoms with Crippen LogP contribution < -0.4 is 10.6 Å². The Morgan fingerprint density at radius 3 is 3.16 bits per heavy atom. The van der Waals surface area contributed by atoms with E-state index in [0.29, 0.717) is 6.54 Å². The smallest absolute Gasteiger partial charge is 0.251 e. The minimum atomic E-state index is 0.0193. The number of amides is 1. The molecular weight excluding hydrogens is 240 g/mol. The average molecular weight is 262 g/mol. The predicted molar refractivity (Wildman–Crippen MR) is 76.7 cm³/mol. The van der Waals surface area contributed by atoms with Gasteiger partial charge >= 0.3 is 0 Å². The quantitative estimate of drug-likeness (QED) is 0.773. The number of hydrogen-bond acceptors (Lipinski definition) is 3. The fraction of sp³-hybridized carbons (Fsp3) is 0.533. The number of fused-ring (bicyclic) bond motifs is 1. The number of anilines is 1. The number of nitrogens with one attached hydrogen (secondary N) is 2. The molecule has 0 unspecified atom stereocenters. The van der Waals surface area contributed by atoms with Gasteiger partial charge in [0.25, 0.3) is 5.91 Å². The van der Waals surface area contributed by atoms with Gasteiger partial charge in [-0.25, -0.2) is 0 Å². The molecule has 0 bridgehead atoms. The molecule has 4 nitrogen and oxygen atoms in total. The molecule has 2 N–H and O–H groups in total. The second-order valence-corrected chi connectivity index (χ2v) is 4.86. The third-order valence-electron chi connectivity index (χ3n) is 3.37. The van der Waals surface area contributed by atoms with Crippen molar-refractivity contribution in [3.63, 3.8) is 0 Å². The zero-order valence-corrected chi connectivity index (χ0v) is 11.5. The lowest BCUT2D eigenvalue weighted by Crippen LogP contribution is -2.25. The Kier molecular flexibility index (Phi) is 5.21. The third-order valence-corrected chi connectivity index (χ3v) is 3.37. The molecule has 19 heavy (non-hydrogen) atoms. The molecule has 0 fully saturated rings. The van der Waals surface area contributed by atoms with Crippen molar-refractivity contribution in [3.8, 4) is 0 Å². The largest absolute Gasteiger partial charge is 0.385 e. The first-order valence-corrected chi connectivity index (χ1v) is 6.95. The zero-order chi connectivity index (χ0) is 13.5. The Morgan fingerprint density at radius 1 is 1.42 bits per heavy atom. The summed E-state index contributed by atoms with van der Waals surface area (Å²) in [4.78, 5) is 12.0. The van der Waals surface area contributed by atoms with Crippen molar-refractivity contribution in [2.24, 2.45) is 0 Å². The van der Waals surface area contributed by atoms with E-state index in [2.05, 4.69) is 10.6 Å². The van der Waals surface area contributed by atoms with E-state index in [1.165, 1.54) is 11.3 Å². The van der Waals surface area contributed by atoms with Crippen molar-refractivity contribution in [2.75, 3.05) is 32.1 Å². The Hall–Kier alpha value is -1.55. The van der Waals surface area contributed by atoms with E-state index in [-0.39, 0.29) is 5.91 Å². The Labute approximate surface area is 114 Å². The maximum Gasteiger partial charge on any atom is 0.251 e. The molecule has 0 saturated carbocycles. The molecule has 1 aromatic rings. The van der Waals surface area contributed by atoms with Crippen molar-refractivity contribution < 1.29 is 9.53 Å². The second kappa shape index (κ2) is 7.14. The van der Waals surface area contributed by atoms with Crippen LogP contribution in [0.4, 0.5) is 5.69 Å². The second-order valence-electron chi connectivity index (χ2n) is 4.86. The number of methoxy groups -OCH3 is 1. The number of benzene rings is 1. The molecule has 104 valence electrons. The number of carbonyl (C=O) groups is 1. The first-order chi connectivity index (χ1) is 9.31. The van der Waals surface area contributed by atoms with Crippen molar-refractivity contribution >= 4 is 11.6 Å². The Morgan fingerprint density at radius 2 is 2.32 bits per heavy atom. The molecule has 1 heterocycles. The molecule has 1 amide bonds. The first kappa shape index (κ1) is 13.9. The van der Waals surface area contributed by atoms with Gasteiger partial charge in [0.05, 0.1) is 0 Å². The third kappa shape index (κ3) is 3.96. The molecule has 0 aliphatic carbocycles. The Bertz CT molecular complexity index is 432. The van der Waals surface area contributed by atoms with E-state index < -0.39 is 0 Å². The summed E-state index contributed by atoms with van der Waals surface area (Å²) in [6, 6.07) is 5.90. The summed E-state index contributed by atoms with van der Waals surface area (Å²) in [5, 5.41) is 6.30. The van der Waals surface area contributed by atoms with Gasteiger partial charge in [0.2, 0.25) is 0 Å². The fourth-order valence-corrected chi connectivity index (χ4v) is 2.29. The SMILES string of the molecule is COCCCCNC(=O)c1ccc2c(c1)CCCN2. The summed E-state index contributed by atoms with van der Waals surface area (Å²) in [6.07, 6.45) is 4.11. The van der Waals surface area contributed by atoms with Crippen LogP contribution in [0.2, 0.25) is 0 Å². The molecular formula is C15H22N2O2. The van der Waals surface area contributed by atoms with E-state index in [1.807, 2.05) is 18.2 Å². The van der Waals surface area contributed by atoms with Crippen LogP contribution in [0.15, 0.2) is 18.2 Å². The highest BCUT2D eigenvalue weighted by Gasteiger charge is 2.11. The lowest BCUT2D eigenvalue weighted by atomic mass is 10.0. The Balaban J connectivity index is 1.85. The highest BCUT2D eigenvalue weighted by molar-refractivity contribution is 5.94. The summed E-state index contributed by atoms with van der Waals surface area (Å²) in [5.41, 5.74) is 3.18. The summed E-state index contributed by atoms with van der Waals surface area (Å²) >= 11 is 0. The lowest BCUT2D eigenvalue weighted by molar-refractivity contribution is 0.0951. The van der Waals surface area contributed by atoms with E-state index >= 15 is 0 Å². The van der Waals surface area contributed by atoms with Gasteiger partial charge in [-0.1, -0.05) is 0 Å². The van der Waals surface area contributed by atoms with Crippen molar-refractivity contribution in [2.45, 2.75) is 25.7 Å². The van der Waals surface area contributed by atoms with Gasteiger partial charge in [0.1, 0.15) is 0 Å². The number of unbranched alkanes of at least 4 members (excludes halogenated alkanes) is 1. The monoisotopic (exact) mass is 262 g/mol. The number of aryl methyl sites for hydroxylation is 1. The average Bonchev–Trinajstić information content (AvgIpc) is 2.46. The van der Waals surface area contributed by atoms with E-state index in [1.54, 1.807) is 7.11 Å². The summed E-state index contributed by atoms with van der Waals surface area (Å²) in [5.74, 6) is 0.0193. The summed E-state index contributed by atoms with van der Waals surface area (Å²) in [7, 11) is 1.69. The number of ether oxygens (including phenoxy) is 1. The molecule has 1 aromatic carbocycles. The van der Waals surface area contributed by atoms with Gasteiger partial charge in [-0.3, -0.25) is 4.79 Å². The maximum atomic E-state index is 12.0. The van der Waals surface area contributed by atoms with Gasteiger partial charge in [-0.2, -0.15) is 0 Å². The fourth-order valence-electron chi connectivity index (χ4n) is 2.29. The van der Waals surface area contributed by atoms with Crippen LogP contribution in [0.5, 0.6) is 0 Å². The molecule has 4 heteroatoms. The van der Waals surface area contributed by atoms with Crippen LogP contribution in [0.3, 0.4) is 0 Å². The van der Waals surface area contributed by atoms with Crippen LogP contribution in [0.1, 0.15) is 35.2 Å². The van der Waals surface area contributed by atoms with Gasteiger partial charge < -0.3 is 15.4 Å². The molecule has 1 aliphatic heterocycles. The van der Waals surface area contributed by atoms with Gasteiger partial charge in [-0.15, -0.1) is 0 Å². The van der Waals surface area contributed by atoms with Crippen LogP contribution >= 0.6 is 0 Å². The lowest BCUT2D eigenvalue weighted by Gasteiger charge is -2.18. The highest BCUT2D eigenvalue weighted by atomic mass is 16.5. The van der Waals surface area contributed by atoms with Crippen molar-refractivity contribution in [1.29, 1.82) is 0 Å². The maximum absolute atomic E-state index is 12.0. The zero-order valence-electron chi connectivity index (χ0n) is 11.5. The standard InChI is InChI=1S/C15H22N2O2/c1-19-10-3-2-8-17-15(18)13-6-7-14-12(11-13)5-4-9-16-14/h6-7,11,16H,2-5,8-10H2,1H3,(H,17,18). The van der Waals surface area contributed by atoms with E-state index in [9.17, 15) is 4.79 Å². The van der Waals surface area contributed by atoms with E-state index in [0.717, 1.165) is 44.4 Å². The number of carbonyl (C=O) groups excluding carboxylic acids is 1. The van der Waals surface area contributed by atoms with Gasteiger partial charge in [-0.05, 0) is 49.4 Å². The van der Waals surface area contributed by atoms with E-state index in [4.69, 9.17) is 4.74 Å². The minimum Gasteiger partial charge on any atom is -0.385 e. The molecule has 1 aliphatic rings. The highest BCUT2D eigenvalue weighted by Crippen LogP contribution is 2.22. The first-order valence-electron chi connectivity index (χ1n) is 6.95. The summed E-state index contributed by atoms with van der Waals surface area (Å²) < 4.78 is 4.98. The van der Waals surface area contributed by atoms with Crippen LogP contribution in [-0.2, 0) is 11.2 Å². The van der Waals surface area contributed by atoms with Crippen molar-refractivity contribution in [3.05, 3.63) is 29.3 Å². The number of hydrogen-bond donors (Lipinski definition) is 2. The normalized spacial score (nSPS) is 13.5. The molecule has 0 radical (unpaired) electrons. The van der Waals surface area contributed by atoms with Crippen molar-refractivity contribution in [1.82, 2.24) is 5.32 Å². The van der Waals surface area contributed by atoms with Crippen LogP contribution in [0, 0.1) is 0 Å². The topological polar surface area (TPSA) is 50.4 Å². The van der Waals surface area contributed by atoms with Crippen LogP contribution in [-0.4, -0.2) is 32.7 Å². The van der Waals surface area contributed by atoms with Gasteiger partial charge in [0.15, 0.2) is 0 Å². The molecule has 0 atom stereocenters. The number of rotatable bonds is 6. The molecule has 0 aromatic heterocycles. The minimum absolute atomic E-state index is 0.0193. The van der Waals surface area contributed by atoms with Gasteiger partial charge in [0, 0.05) is 38.1 Å². The molecule has 0 saturated heterocycles. The molecule has 0 spiro atoms. The summed E-state index contributed by atoms with van der Waals surface area (Å²) in [6.45, 7) is 2.48. The molecule has 2 rings (SSSR count). The van der Waals surface area contributed by atoms with Crippen LogP contribution in [0.25, 0.3) is 0 Å².